The highest BCUT2D eigenvalue weighted by Crippen LogP contribution is 2.32. The van der Waals surface area contributed by atoms with E-state index in [1.165, 1.54) is 22.4 Å². The third-order valence-corrected chi connectivity index (χ3v) is 4.25. The van der Waals surface area contributed by atoms with Crippen LogP contribution in [-0.2, 0) is 26.6 Å². The molecule has 0 saturated carbocycles. The van der Waals surface area contributed by atoms with Crippen molar-refractivity contribution in [2.24, 2.45) is 7.05 Å². The lowest BCUT2D eigenvalue weighted by Crippen LogP contribution is -2.14. The Bertz CT molecular complexity index is 636. The molecular weight excluding hydrogens is 318 g/mol. The Morgan fingerprint density at radius 1 is 1.35 bits per heavy atom. The number of aromatic nitrogens is 2. The van der Waals surface area contributed by atoms with Gasteiger partial charge in [0.1, 0.15) is 5.75 Å². The molecule has 5 heteroatoms. The van der Waals surface area contributed by atoms with E-state index >= 15 is 0 Å². The molecule has 2 heterocycles. The van der Waals surface area contributed by atoms with Crippen LogP contribution in [0.5, 0.6) is 5.75 Å². The number of rotatable bonds is 4. The Kier molecular flexibility index (Phi) is 3.81. The predicted molar refractivity (Wildman–Crippen MR) is 81.8 cm³/mol. The van der Waals surface area contributed by atoms with Crippen molar-refractivity contribution in [2.45, 2.75) is 26.4 Å². The van der Waals surface area contributed by atoms with Gasteiger partial charge in [-0.05, 0) is 24.6 Å². The summed E-state index contributed by atoms with van der Waals surface area (Å²) in [5.74, 6) is 1.06. The Balaban J connectivity index is 1.69. The van der Waals surface area contributed by atoms with Crippen molar-refractivity contribution in [1.29, 1.82) is 0 Å². The molecule has 0 fully saturated rings. The van der Waals surface area contributed by atoms with E-state index < -0.39 is 0 Å². The van der Waals surface area contributed by atoms with Crippen molar-refractivity contribution in [3.63, 3.8) is 0 Å². The van der Waals surface area contributed by atoms with E-state index in [4.69, 9.17) is 4.74 Å². The summed E-state index contributed by atoms with van der Waals surface area (Å²) in [6.45, 7) is 4.50. The van der Waals surface area contributed by atoms with Gasteiger partial charge in [-0.1, -0.05) is 15.9 Å². The van der Waals surface area contributed by atoms with E-state index in [-0.39, 0.29) is 0 Å². The number of hydrogen-bond donors (Lipinski definition) is 1. The molecule has 1 aliphatic heterocycles. The first-order valence-electron chi connectivity index (χ1n) is 6.77. The standard InChI is InChI=1S/C15H18BrN3O/c1-10-13(9-18-19(10)2)8-17-7-12-6-14(16)5-11-3-4-20-15(11)12/h5-6,9,17H,3-4,7-8H2,1-2H3. The monoisotopic (exact) mass is 335 g/mol. The molecule has 1 aromatic carbocycles. The second-order valence-electron chi connectivity index (χ2n) is 5.13. The van der Waals surface area contributed by atoms with Crippen molar-refractivity contribution >= 4 is 15.9 Å². The molecular formula is C15H18BrN3O. The number of aryl methyl sites for hydroxylation is 1. The van der Waals surface area contributed by atoms with Crippen molar-refractivity contribution in [1.82, 2.24) is 15.1 Å². The van der Waals surface area contributed by atoms with Gasteiger partial charge in [0, 0.05) is 47.9 Å². The zero-order valence-corrected chi connectivity index (χ0v) is 13.3. The van der Waals surface area contributed by atoms with Crippen LogP contribution in [0, 0.1) is 6.92 Å². The number of hydrogen-bond acceptors (Lipinski definition) is 3. The minimum Gasteiger partial charge on any atom is -0.493 e. The Morgan fingerprint density at radius 2 is 2.15 bits per heavy atom. The van der Waals surface area contributed by atoms with E-state index in [9.17, 15) is 0 Å². The fourth-order valence-corrected chi connectivity index (χ4v) is 3.08. The molecule has 0 radical (unpaired) electrons. The first-order valence-corrected chi connectivity index (χ1v) is 7.56. The average Bonchev–Trinajstić information content (AvgIpc) is 3.00. The van der Waals surface area contributed by atoms with Crippen molar-refractivity contribution < 1.29 is 4.74 Å². The number of fused-ring (bicyclic) bond motifs is 1. The quantitative estimate of drug-likeness (QED) is 0.933. The summed E-state index contributed by atoms with van der Waals surface area (Å²) in [5.41, 5.74) is 4.95. The van der Waals surface area contributed by atoms with E-state index in [0.29, 0.717) is 0 Å². The zero-order valence-electron chi connectivity index (χ0n) is 11.7. The molecule has 3 rings (SSSR count). The van der Waals surface area contributed by atoms with Crippen molar-refractivity contribution in [2.75, 3.05) is 6.61 Å². The SMILES string of the molecule is Cc1c(CNCc2cc(Br)cc3c2OCC3)cnn1C. The van der Waals surface area contributed by atoms with Crippen LogP contribution < -0.4 is 10.1 Å². The summed E-state index contributed by atoms with van der Waals surface area (Å²) in [6.07, 6.45) is 2.92. The minimum atomic E-state index is 0.792. The first kappa shape index (κ1) is 13.6. The largest absolute Gasteiger partial charge is 0.493 e. The summed E-state index contributed by atoms with van der Waals surface area (Å²) >= 11 is 3.57. The van der Waals surface area contributed by atoms with E-state index in [2.05, 4.69) is 45.4 Å². The van der Waals surface area contributed by atoms with Gasteiger partial charge in [0.25, 0.3) is 0 Å². The summed E-state index contributed by atoms with van der Waals surface area (Å²) in [5, 5.41) is 7.73. The van der Waals surface area contributed by atoms with Gasteiger partial charge >= 0.3 is 0 Å². The van der Waals surface area contributed by atoms with Crippen LogP contribution >= 0.6 is 15.9 Å². The highest BCUT2D eigenvalue weighted by atomic mass is 79.9. The summed E-state index contributed by atoms with van der Waals surface area (Å²) in [6, 6.07) is 4.28. The van der Waals surface area contributed by atoms with Crippen LogP contribution in [0.2, 0.25) is 0 Å². The molecule has 1 aromatic heterocycles. The number of nitrogens with zero attached hydrogens (tertiary/aromatic N) is 2. The van der Waals surface area contributed by atoms with Crippen LogP contribution in [0.3, 0.4) is 0 Å². The fraction of sp³-hybridized carbons (Fsp3) is 0.400. The minimum absolute atomic E-state index is 0.792. The third kappa shape index (κ3) is 2.60. The number of ether oxygens (including phenoxy) is 1. The Morgan fingerprint density at radius 3 is 2.90 bits per heavy atom. The molecule has 0 spiro atoms. The molecule has 2 aromatic rings. The van der Waals surface area contributed by atoms with Gasteiger partial charge in [-0.2, -0.15) is 5.10 Å². The number of benzene rings is 1. The molecule has 4 nitrogen and oxygen atoms in total. The predicted octanol–water partition coefficient (Wildman–Crippen LogP) is 2.72. The van der Waals surface area contributed by atoms with Gasteiger partial charge in [0.15, 0.2) is 0 Å². The second kappa shape index (κ2) is 5.58. The maximum atomic E-state index is 5.74. The third-order valence-electron chi connectivity index (χ3n) is 3.79. The van der Waals surface area contributed by atoms with Crippen LogP contribution in [0.25, 0.3) is 0 Å². The van der Waals surface area contributed by atoms with Gasteiger partial charge in [0.05, 0.1) is 12.8 Å². The maximum absolute atomic E-state index is 5.74. The zero-order chi connectivity index (χ0) is 14.1. The van der Waals surface area contributed by atoms with Crippen LogP contribution in [0.15, 0.2) is 22.8 Å². The average molecular weight is 336 g/mol. The van der Waals surface area contributed by atoms with Gasteiger partial charge in [-0.25, -0.2) is 0 Å². The lowest BCUT2D eigenvalue weighted by molar-refractivity contribution is 0.352. The molecule has 0 unspecified atom stereocenters. The van der Waals surface area contributed by atoms with Crippen LogP contribution in [0.1, 0.15) is 22.4 Å². The smallest absolute Gasteiger partial charge is 0.127 e. The normalized spacial score (nSPS) is 13.3. The lowest BCUT2D eigenvalue weighted by Gasteiger charge is -2.10. The molecule has 0 bridgehead atoms. The van der Waals surface area contributed by atoms with Crippen LogP contribution in [0.4, 0.5) is 0 Å². The van der Waals surface area contributed by atoms with Crippen LogP contribution in [-0.4, -0.2) is 16.4 Å². The summed E-state index contributed by atoms with van der Waals surface area (Å²) < 4.78 is 8.76. The highest BCUT2D eigenvalue weighted by Gasteiger charge is 2.17. The van der Waals surface area contributed by atoms with Gasteiger partial charge < -0.3 is 10.1 Å². The maximum Gasteiger partial charge on any atom is 0.127 e. The fourth-order valence-electron chi connectivity index (χ4n) is 2.53. The van der Waals surface area contributed by atoms with Crippen molar-refractivity contribution in [3.8, 4) is 5.75 Å². The molecule has 1 aliphatic rings. The molecule has 0 saturated heterocycles. The summed E-state index contributed by atoms with van der Waals surface area (Å²) in [4.78, 5) is 0. The molecule has 106 valence electrons. The number of halogens is 1. The Hall–Kier alpha value is -1.33. The molecule has 0 amide bonds. The molecule has 0 aliphatic carbocycles. The highest BCUT2D eigenvalue weighted by molar-refractivity contribution is 9.10. The molecule has 0 atom stereocenters. The van der Waals surface area contributed by atoms with E-state index in [1.807, 2.05) is 17.9 Å². The van der Waals surface area contributed by atoms with E-state index in [1.54, 1.807) is 0 Å². The second-order valence-corrected chi connectivity index (χ2v) is 6.05. The van der Waals surface area contributed by atoms with Gasteiger partial charge in [0.2, 0.25) is 0 Å². The lowest BCUT2D eigenvalue weighted by atomic mass is 10.1. The Labute approximate surface area is 127 Å². The van der Waals surface area contributed by atoms with Crippen molar-refractivity contribution in [3.05, 3.63) is 45.2 Å². The number of nitrogens with one attached hydrogen (secondary N) is 1. The summed E-state index contributed by atoms with van der Waals surface area (Å²) in [7, 11) is 1.97. The topological polar surface area (TPSA) is 39.1 Å². The molecule has 20 heavy (non-hydrogen) atoms. The van der Waals surface area contributed by atoms with Gasteiger partial charge in [-0.3, -0.25) is 4.68 Å². The van der Waals surface area contributed by atoms with Gasteiger partial charge in [-0.15, -0.1) is 0 Å². The first-order chi connectivity index (χ1) is 9.65. The molecule has 1 N–H and O–H groups in total. The van der Waals surface area contributed by atoms with E-state index in [0.717, 1.165) is 36.3 Å².